The standard InChI is InChI=1S/C26H38O2/c1-8-16(5)21-14-23(19(10-3)12-25(21)27)18(7)24-15-22(17(6)9-2)26(28)13-20(24)11-4/h12-18,27-28H,8-11H2,1-7H3. The van der Waals surface area contributed by atoms with E-state index in [2.05, 4.69) is 60.6 Å². The molecule has 0 fully saturated rings. The van der Waals surface area contributed by atoms with Crippen molar-refractivity contribution in [3.8, 4) is 11.5 Å². The molecule has 0 aliphatic rings. The molecule has 0 bridgehead atoms. The lowest BCUT2D eigenvalue weighted by atomic mass is 9.81. The van der Waals surface area contributed by atoms with Crippen LogP contribution >= 0.6 is 0 Å². The first-order valence-electron chi connectivity index (χ1n) is 11.0. The molecule has 2 aromatic carbocycles. The Balaban J connectivity index is 2.66. The summed E-state index contributed by atoms with van der Waals surface area (Å²) in [6.07, 6.45) is 3.80. The van der Waals surface area contributed by atoms with Crippen molar-refractivity contribution in [3.63, 3.8) is 0 Å². The van der Waals surface area contributed by atoms with Gasteiger partial charge in [0.25, 0.3) is 0 Å². The van der Waals surface area contributed by atoms with Crippen molar-refractivity contribution < 1.29 is 10.2 Å². The highest BCUT2D eigenvalue weighted by molar-refractivity contribution is 5.51. The average molecular weight is 383 g/mol. The summed E-state index contributed by atoms with van der Waals surface area (Å²) in [5.41, 5.74) is 7.09. The van der Waals surface area contributed by atoms with Crippen LogP contribution in [0.15, 0.2) is 24.3 Å². The van der Waals surface area contributed by atoms with Crippen molar-refractivity contribution >= 4 is 0 Å². The van der Waals surface area contributed by atoms with Crippen LogP contribution in [-0.4, -0.2) is 10.2 Å². The molecule has 2 rings (SSSR count). The summed E-state index contributed by atoms with van der Waals surface area (Å²) in [6.45, 7) is 15.2. The minimum atomic E-state index is 0.219. The predicted octanol–water partition coefficient (Wildman–Crippen LogP) is 7.40. The lowest BCUT2D eigenvalue weighted by Gasteiger charge is -2.24. The van der Waals surface area contributed by atoms with E-state index in [1.54, 1.807) is 0 Å². The largest absolute Gasteiger partial charge is 0.508 e. The Morgan fingerprint density at radius 2 is 0.964 bits per heavy atom. The zero-order valence-electron chi connectivity index (χ0n) is 18.8. The third-order valence-corrected chi connectivity index (χ3v) is 6.56. The van der Waals surface area contributed by atoms with Crippen molar-refractivity contribution in [2.45, 2.75) is 91.9 Å². The lowest BCUT2D eigenvalue weighted by molar-refractivity contribution is 0.460. The molecule has 154 valence electrons. The van der Waals surface area contributed by atoms with Gasteiger partial charge in [-0.1, -0.05) is 60.6 Å². The number of phenols is 2. The van der Waals surface area contributed by atoms with Gasteiger partial charge >= 0.3 is 0 Å². The van der Waals surface area contributed by atoms with E-state index >= 15 is 0 Å². The first kappa shape index (κ1) is 22.3. The molecule has 2 heteroatoms. The van der Waals surface area contributed by atoms with Gasteiger partial charge in [-0.05, 0) is 83.0 Å². The molecule has 0 aromatic heterocycles. The Morgan fingerprint density at radius 3 is 1.25 bits per heavy atom. The zero-order valence-corrected chi connectivity index (χ0v) is 18.8. The third-order valence-electron chi connectivity index (χ3n) is 6.56. The molecule has 2 N–H and O–H groups in total. The van der Waals surface area contributed by atoms with Crippen LogP contribution in [0.5, 0.6) is 11.5 Å². The zero-order chi connectivity index (χ0) is 21.0. The van der Waals surface area contributed by atoms with Gasteiger partial charge in [-0.2, -0.15) is 0 Å². The van der Waals surface area contributed by atoms with Gasteiger partial charge in [0.15, 0.2) is 0 Å². The molecule has 0 amide bonds. The summed E-state index contributed by atoms with van der Waals surface area (Å²) in [7, 11) is 0. The van der Waals surface area contributed by atoms with Crippen LogP contribution in [0.4, 0.5) is 0 Å². The van der Waals surface area contributed by atoms with Crippen LogP contribution < -0.4 is 0 Å². The lowest BCUT2D eigenvalue weighted by Crippen LogP contribution is -2.08. The van der Waals surface area contributed by atoms with Gasteiger partial charge < -0.3 is 10.2 Å². The van der Waals surface area contributed by atoms with Gasteiger partial charge in [0.2, 0.25) is 0 Å². The molecule has 2 atom stereocenters. The smallest absolute Gasteiger partial charge is 0.119 e. The number of hydrogen-bond donors (Lipinski definition) is 2. The van der Waals surface area contributed by atoms with Crippen molar-refractivity contribution in [1.82, 2.24) is 0 Å². The molecule has 2 aromatic rings. The molecule has 0 aliphatic heterocycles. The van der Waals surface area contributed by atoms with E-state index in [4.69, 9.17) is 0 Å². The minimum Gasteiger partial charge on any atom is -0.508 e. The Hall–Kier alpha value is -1.96. The van der Waals surface area contributed by atoms with E-state index in [1.165, 1.54) is 22.3 Å². The molecular formula is C26H38O2. The van der Waals surface area contributed by atoms with Gasteiger partial charge in [0.05, 0.1) is 0 Å². The molecule has 0 heterocycles. The van der Waals surface area contributed by atoms with Crippen molar-refractivity contribution in [1.29, 1.82) is 0 Å². The summed E-state index contributed by atoms with van der Waals surface area (Å²) in [6, 6.07) is 8.38. The van der Waals surface area contributed by atoms with Crippen molar-refractivity contribution in [3.05, 3.63) is 57.6 Å². The summed E-state index contributed by atoms with van der Waals surface area (Å²) in [4.78, 5) is 0. The predicted molar refractivity (Wildman–Crippen MR) is 120 cm³/mol. The van der Waals surface area contributed by atoms with Crippen LogP contribution in [-0.2, 0) is 12.8 Å². The van der Waals surface area contributed by atoms with Gasteiger partial charge in [-0.15, -0.1) is 0 Å². The van der Waals surface area contributed by atoms with Gasteiger partial charge in [-0.3, -0.25) is 0 Å². The van der Waals surface area contributed by atoms with E-state index in [1.807, 2.05) is 12.1 Å². The fourth-order valence-corrected chi connectivity index (χ4v) is 4.15. The minimum absolute atomic E-state index is 0.219. The Labute approximate surface area is 171 Å². The monoisotopic (exact) mass is 382 g/mol. The summed E-state index contributed by atoms with van der Waals surface area (Å²) in [5, 5.41) is 21.1. The second kappa shape index (κ2) is 9.49. The van der Waals surface area contributed by atoms with E-state index < -0.39 is 0 Å². The molecule has 28 heavy (non-hydrogen) atoms. The molecule has 0 aliphatic carbocycles. The average Bonchev–Trinajstić information content (AvgIpc) is 2.71. The quantitative estimate of drug-likeness (QED) is 0.499. The highest BCUT2D eigenvalue weighted by atomic mass is 16.3. The van der Waals surface area contributed by atoms with Crippen LogP contribution in [0, 0.1) is 0 Å². The van der Waals surface area contributed by atoms with Crippen molar-refractivity contribution in [2.75, 3.05) is 0 Å². The summed E-state index contributed by atoms with van der Waals surface area (Å²) in [5.74, 6) is 1.72. The maximum Gasteiger partial charge on any atom is 0.119 e. The molecule has 2 unspecified atom stereocenters. The highest BCUT2D eigenvalue weighted by Gasteiger charge is 2.21. The van der Waals surface area contributed by atoms with Crippen LogP contribution in [0.2, 0.25) is 0 Å². The maximum absolute atomic E-state index is 10.6. The molecule has 2 nitrogen and oxygen atoms in total. The second-order valence-electron chi connectivity index (χ2n) is 8.27. The molecule has 0 saturated heterocycles. The van der Waals surface area contributed by atoms with Crippen LogP contribution in [0.25, 0.3) is 0 Å². The molecule has 0 radical (unpaired) electrons. The number of benzene rings is 2. The van der Waals surface area contributed by atoms with E-state index in [0.29, 0.717) is 23.3 Å². The Kier molecular flexibility index (Phi) is 7.57. The topological polar surface area (TPSA) is 40.5 Å². The number of phenolic OH excluding ortho intramolecular Hbond substituents is 2. The summed E-state index contributed by atoms with van der Waals surface area (Å²) >= 11 is 0. The Morgan fingerprint density at radius 1 is 0.607 bits per heavy atom. The number of rotatable bonds is 8. The SMILES string of the molecule is CCc1cc(O)c(C(C)CC)cc1C(C)c1cc(C(C)CC)c(O)cc1CC. The van der Waals surface area contributed by atoms with Gasteiger partial charge in [-0.25, -0.2) is 0 Å². The van der Waals surface area contributed by atoms with Gasteiger partial charge in [0, 0.05) is 5.92 Å². The van der Waals surface area contributed by atoms with Crippen LogP contribution in [0.3, 0.4) is 0 Å². The first-order chi connectivity index (χ1) is 13.3. The number of aromatic hydroxyl groups is 2. The normalized spacial score (nSPS) is 14.7. The Bertz CT molecular complexity index is 739. The second-order valence-corrected chi connectivity index (χ2v) is 8.27. The third kappa shape index (κ3) is 4.37. The van der Waals surface area contributed by atoms with Gasteiger partial charge in [0.1, 0.15) is 11.5 Å². The van der Waals surface area contributed by atoms with Crippen LogP contribution in [0.1, 0.15) is 112 Å². The first-order valence-corrected chi connectivity index (χ1v) is 11.0. The fraction of sp³-hybridized carbons (Fsp3) is 0.538. The number of hydrogen-bond acceptors (Lipinski definition) is 2. The number of aryl methyl sites for hydroxylation is 2. The van der Waals surface area contributed by atoms with E-state index in [0.717, 1.165) is 36.8 Å². The summed E-state index contributed by atoms with van der Waals surface area (Å²) < 4.78 is 0. The fourth-order valence-electron chi connectivity index (χ4n) is 4.15. The van der Waals surface area contributed by atoms with E-state index in [9.17, 15) is 10.2 Å². The van der Waals surface area contributed by atoms with Crippen molar-refractivity contribution in [2.24, 2.45) is 0 Å². The molecule has 0 saturated carbocycles. The molecule has 0 spiro atoms. The highest BCUT2D eigenvalue weighted by Crippen LogP contribution is 2.40. The maximum atomic E-state index is 10.6. The molecular weight excluding hydrogens is 344 g/mol. The van der Waals surface area contributed by atoms with E-state index in [-0.39, 0.29) is 5.92 Å².